The van der Waals surface area contributed by atoms with E-state index in [1.54, 1.807) is 18.2 Å². The molecule has 0 aliphatic carbocycles. The molecule has 1 amide bonds. The van der Waals surface area contributed by atoms with Crippen LogP contribution in [0, 0.1) is 0 Å². The molecule has 0 bridgehead atoms. The highest BCUT2D eigenvalue weighted by Crippen LogP contribution is 2.28. The Balaban J connectivity index is 1.55. The first-order valence-electron chi connectivity index (χ1n) is 9.68. The number of morpholine rings is 1. The van der Waals surface area contributed by atoms with Gasteiger partial charge < -0.3 is 19.5 Å². The summed E-state index contributed by atoms with van der Waals surface area (Å²) in [5, 5.41) is 2.65. The molecule has 1 heterocycles. The topological polar surface area (TPSA) is 94.2 Å². The number of amides is 1. The maximum absolute atomic E-state index is 12.4. The average molecular weight is 435 g/mol. The van der Waals surface area contributed by atoms with E-state index in [-0.39, 0.29) is 18.2 Å². The van der Waals surface area contributed by atoms with E-state index in [2.05, 4.69) is 5.32 Å². The van der Waals surface area contributed by atoms with Gasteiger partial charge >= 0.3 is 0 Å². The molecule has 2 aromatic rings. The summed E-state index contributed by atoms with van der Waals surface area (Å²) in [6.45, 7) is 1.87. The molecule has 2 aromatic carbocycles. The Morgan fingerprint density at radius 3 is 2.53 bits per heavy atom. The van der Waals surface area contributed by atoms with Crippen LogP contribution in [0.2, 0.25) is 0 Å². The van der Waals surface area contributed by atoms with Gasteiger partial charge in [-0.15, -0.1) is 0 Å². The van der Waals surface area contributed by atoms with Gasteiger partial charge in [0.15, 0.2) is 11.5 Å². The zero-order chi connectivity index (χ0) is 21.4. The third kappa shape index (κ3) is 5.94. The number of sulfonamides is 1. The van der Waals surface area contributed by atoms with Gasteiger partial charge in [0.1, 0.15) is 6.61 Å². The van der Waals surface area contributed by atoms with Crippen molar-refractivity contribution in [2.75, 3.05) is 45.7 Å². The summed E-state index contributed by atoms with van der Waals surface area (Å²) in [4.78, 5) is 12.4. The molecule has 30 heavy (non-hydrogen) atoms. The summed E-state index contributed by atoms with van der Waals surface area (Å²) in [5.41, 5.74) is 1.38. The van der Waals surface area contributed by atoms with Crippen LogP contribution < -0.4 is 14.8 Å². The van der Waals surface area contributed by atoms with Gasteiger partial charge in [-0.1, -0.05) is 30.3 Å². The third-order valence-electron chi connectivity index (χ3n) is 4.67. The van der Waals surface area contributed by atoms with Crippen LogP contribution in [0.1, 0.15) is 15.9 Å². The van der Waals surface area contributed by atoms with Crippen LogP contribution >= 0.6 is 0 Å². The zero-order valence-electron chi connectivity index (χ0n) is 16.9. The quantitative estimate of drug-likeness (QED) is 0.645. The van der Waals surface area contributed by atoms with Crippen molar-refractivity contribution >= 4 is 15.9 Å². The smallest absolute Gasteiger partial charge is 0.251 e. The van der Waals surface area contributed by atoms with Gasteiger partial charge in [0.05, 0.1) is 26.1 Å². The predicted octanol–water partition coefficient (Wildman–Crippen LogP) is 1.67. The lowest BCUT2D eigenvalue weighted by Gasteiger charge is -2.26. The standard InChI is InChI=1S/C21H26N2O6S/c1-27-20-15-18(7-8-19(20)29-16-17-5-3-2-4-6-17)21(24)22-9-14-30(25,26)23-10-12-28-13-11-23/h2-8,15H,9-14,16H2,1H3,(H,22,24). The number of carbonyl (C=O) groups excluding carboxylic acids is 1. The zero-order valence-corrected chi connectivity index (χ0v) is 17.7. The van der Waals surface area contributed by atoms with Gasteiger partial charge in [-0.2, -0.15) is 4.31 Å². The lowest BCUT2D eigenvalue weighted by Crippen LogP contribution is -2.43. The fraction of sp³-hybridized carbons (Fsp3) is 0.381. The molecule has 1 fully saturated rings. The number of hydrogen-bond acceptors (Lipinski definition) is 6. The largest absolute Gasteiger partial charge is 0.493 e. The molecule has 0 spiro atoms. The molecule has 1 saturated heterocycles. The van der Waals surface area contributed by atoms with Gasteiger partial charge in [-0.25, -0.2) is 8.42 Å². The second kappa shape index (κ2) is 10.4. The Labute approximate surface area is 176 Å². The van der Waals surface area contributed by atoms with E-state index >= 15 is 0 Å². The number of nitrogens with one attached hydrogen (secondary N) is 1. The minimum atomic E-state index is -3.42. The van der Waals surface area contributed by atoms with Crippen LogP contribution in [0.5, 0.6) is 11.5 Å². The maximum Gasteiger partial charge on any atom is 0.251 e. The summed E-state index contributed by atoms with van der Waals surface area (Å²) < 4.78 is 42.3. The molecule has 3 rings (SSSR count). The Morgan fingerprint density at radius 2 is 1.83 bits per heavy atom. The predicted molar refractivity (Wildman–Crippen MR) is 112 cm³/mol. The second-order valence-corrected chi connectivity index (χ2v) is 8.81. The van der Waals surface area contributed by atoms with Crippen molar-refractivity contribution in [2.45, 2.75) is 6.61 Å². The van der Waals surface area contributed by atoms with Crippen LogP contribution in [-0.2, 0) is 21.4 Å². The summed E-state index contributed by atoms with van der Waals surface area (Å²) in [6, 6.07) is 14.6. The van der Waals surface area contributed by atoms with E-state index in [0.29, 0.717) is 50.0 Å². The van der Waals surface area contributed by atoms with Gasteiger partial charge in [0, 0.05) is 25.2 Å². The minimum Gasteiger partial charge on any atom is -0.493 e. The monoisotopic (exact) mass is 434 g/mol. The van der Waals surface area contributed by atoms with Crippen molar-refractivity contribution in [3.8, 4) is 11.5 Å². The van der Waals surface area contributed by atoms with Crippen LogP contribution in [0.4, 0.5) is 0 Å². The van der Waals surface area contributed by atoms with E-state index in [4.69, 9.17) is 14.2 Å². The average Bonchev–Trinajstić information content (AvgIpc) is 2.78. The molecule has 162 valence electrons. The molecule has 0 atom stereocenters. The van der Waals surface area contributed by atoms with Gasteiger partial charge in [-0.05, 0) is 23.8 Å². The van der Waals surface area contributed by atoms with Crippen molar-refractivity contribution in [1.29, 1.82) is 0 Å². The molecular formula is C21H26N2O6S. The Hall–Kier alpha value is -2.62. The van der Waals surface area contributed by atoms with E-state index < -0.39 is 10.0 Å². The molecule has 0 aromatic heterocycles. The van der Waals surface area contributed by atoms with Crippen LogP contribution in [-0.4, -0.2) is 64.3 Å². The van der Waals surface area contributed by atoms with Crippen molar-refractivity contribution < 1.29 is 27.4 Å². The Morgan fingerprint density at radius 1 is 1.10 bits per heavy atom. The van der Waals surface area contributed by atoms with Gasteiger partial charge in [0.2, 0.25) is 10.0 Å². The van der Waals surface area contributed by atoms with E-state index in [1.165, 1.54) is 11.4 Å². The molecule has 0 radical (unpaired) electrons. The van der Waals surface area contributed by atoms with Crippen molar-refractivity contribution in [2.24, 2.45) is 0 Å². The summed E-state index contributed by atoms with van der Waals surface area (Å²) in [6.07, 6.45) is 0. The van der Waals surface area contributed by atoms with E-state index in [0.717, 1.165) is 5.56 Å². The number of rotatable bonds is 9. The molecular weight excluding hydrogens is 408 g/mol. The summed E-state index contributed by atoms with van der Waals surface area (Å²) in [5.74, 6) is 0.418. The molecule has 1 N–H and O–H groups in total. The Kier molecular flexibility index (Phi) is 7.67. The van der Waals surface area contributed by atoms with Gasteiger partial charge in [-0.3, -0.25) is 4.79 Å². The first kappa shape index (κ1) is 22.1. The number of methoxy groups -OCH3 is 1. The lowest BCUT2D eigenvalue weighted by atomic mass is 10.2. The second-order valence-electron chi connectivity index (χ2n) is 6.72. The summed E-state index contributed by atoms with van der Waals surface area (Å²) >= 11 is 0. The highest BCUT2D eigenvalue weighted by Gasteiger charge is 2.24. The number of benzene rings is 2. The normalized spacial score (nSPS) is 14.8. The third-order valence-corrected chi connectivity index (χ3v) is 6.54. The molecule has 1 aliphatic rings. The highest BCUT2D eigenvalue weighted by atomic mass is 32.2. The highest BCUT2D eigenvalue weighted by molar-refractivity contribution is 7.89. The first-order chi connectivity index (χ1) is 14.5. The fourth-order valence-electron chi connectivity index (χ4n) is 3.01. The van der Waals surface area contributed by atoms with Crippen molar-refractivity contribution in [3.63, 3.8) is 0 Å². The van der Waals surface area contributed by atoms with E-state index in [1.807, 2.05) is 30.3 Å². The van der Waals surface area contributed by atoms with Crippen LogP contribution in [0.25, 0.3) is 0 Å². The fourth-order valence-corrected chi connectivity index (χ4v) is 4.34. The minimum absolute atomic E-state index is 0.0209. The van der Waals surface area contributed by atoms with Crippen LogP contribution in [0.3, 0.4) is 0 Å². The number of hydrogen-bond donors (Lipinski definition) is 1. The number of ether oxygens (including phenoxy) is 3. The lowest BCUT2D eigenvalue weighted by molar-refractivity contribution is 0.0730. The number of carbonyl (C=O) groups is 1. The first-order valence-corrected chi connectivity index (χ1v) is 11.3. The molecule has 0 unspecified atom stereocenters. The van der Waals surface area contributed by atoms with Crippen molar-refractivity contribution in [3.05, 3.63) is 59.7 Å². The Bertz CT molecular complexity index is 943. The van der Waals surface area contributed by atoms with E-state index in [9.17, 15) is 13.2 Å². The maximum atomic E-state index is 12.4. The molecule has 0 saturated carbocycles. The summed E-state index contributed by atoms with van der Waals surface area (Å²) in [7, 11) is -1.92. The number of nitrogens with zero attached hydrogens (tertiary/aromatic N) is 1. The molecule has 1 aliphatic heterocycles. The SMILES string of the molecule is COc1cc(C(=O)NCCS(=O)(=O)N2CCOCC2)ccc1OCc1ccccc1. The molecule has 9 heteroatoms. The molecule has 8 nitrogen and oxygen atoms in total. The van der Waals surface area contributed by atoms with Gasteiger partial charge in [0.25, 0.3) is 5.91 Å². The van der Waals surface area contributed by atoms with Crippen LogP contribution in [0.15, 0.2) is 48.5 Å². The van der Waals surface area contributed by atoms with Crippen molar-refractivity contribution in [1.82, 2.24) is 9.62 Å².